The van der Waals surface area contributed by atoms with Crippen molar-refractivity contribution < 1.29 is 0 Å². The van der Waals surface area contributed by atoms with Gasteiger partial charge in [-0.15, -0.1) is 0 Å². The van der Waals surface area contributed by atoms with Crippen molar-refractivity contribution in [3.8, 4) is 0 Å². The Labute approximate surface area is 92.3 Å². The lowest BCUT2D eigenvalue weighted by molar-refractivity contribution is 0.295. The number of aromatic nitrogens is 2. The molecule has 0 unspecified atom stereocenters. The molecule has 0 bridgehead atoms. The summed E-state index contributed by atoms with van der Waals surface area (Å²) in [5.74, 6) is 1.12. The van der Waals surface area contributed by atoms with E-state index in [9.17, 15) is 0 Å². The van der Waals surface area contributed by atoms with Crippen LogP contribution in [0.3, 0.4) is 0 Å². The van der Waals surface area contributed by atoms with Gasteiger partial charge in [0.15, 0.2) is 0 Å². The van der Waals surface area contributed by atoms with Crippen molar-refractivity contribution in [2.24, 2.45) is 7.05 Å². The average molecular weight is 210 g/mol. The highest BCUT2D eigenvalue weighted by molar-refractivity contribution is 5.46. The minimum Gasteiger partial charge on any atom is -0.373 e. The molecule has 1 aromatic heterocycles. The van der Waals surface area contributed by atoms with Crippen LogP contribution in [0.5, 0.6) is 0 Å². The molecule has 0 aliphatic heterocycles. The van der Waals surface area contributed by atoms with Gasteiger partial charge in [0.05, 0.1) is 5.69 Å². The van der Waals surface area contributed by atoms with E-state index in [0.717, 1.165) is 31.1 Å². The smallest absolute Gasteiger partial charge is 0.128 e. The molecule has 0 saturated carbocycles. The summed E-state index contributed by atoms with van der Waals surface area (Å²) < 4.78 is 1.91. The minimum atomic E-state index is 0.975. The van der Waals surface area contributed by atoms with Crippen LogP contribution in [0.15, 0.2) is 0 Å². The van der Waals surface area contributed by atoms with Gasteiger partial charge in [0.1, 0.15) is 5.82 Å². The molecule has 0 spiro atoms. The van der Waals surface area contributed by atoms with Crippen molar-refractivity contribution in [2.75, 3.05) is 25.5 Å². The van der Waals surface area contributed by atoms with E-state index in [-0.39, 0.29) is 0 Å². The summed E-state index contributed by atoms with van der Waals surface area (Å²) in [7, 11) is 3.92. The maximum Gasteiger partial charge on any atom is 0.128 e. The predicted molar refractivity (Wildman–Crippen MR) is 64.1 cm³/mol. The van der Waals surface area contributed by atoms with Crippen LogP contribution in [0.2, 0.25) is 0 Å². The highest BCUT2D eigenvalue weighted by Gasteiger charge is 2.13. The van der Waals surface area contributed by atoms with E-state index in [4.69, 9.17) is 0 Å². The molecule has 0 aliphatic rings. The lowest BCUT2D eigenvalue weighted by Crippen LogP contribution is -2.22. The van der Waals surface area contributed by atoms with Gasteiger partial charge in [-0.25, -0.2) is 0 Å². The molecule has 0 radical (unpaired) electrons. The molecular formula is C11H22N4. The van der Waals surface area contributed by atoms with Crippen LogP contribution in [0.25, 0.3) is 0 Å². The van der Waals surface area contributed by atoms with Gasteiger partial charge in [0, 0.05) is 26.2 Å². The van der Waals surface area contributed by atoms with Crippen LogP contribution in [0.4, 0.5) is 5.82 Å². The summed E-state index contributed by atoms with van der Waals surface area (Å²) in [6.07, 6.45) is 0. The van der Waals surface area contributed by atoms with Crippen molar-refractivity contribution in [1.82, 2.24) is 14.7 Å². The molecule has 0 atom stereocenters. The topological polar surface area (TPSA) is 33.1 Å². The average Bonchev–Trinajstić information content (AvgIpc) is 2.49. The first-order chi connectivity index (χ1) is 7.13. The molecule has 4 nitrogen and oxygen atoms in total. The van der Waals surface area contributed by atoms with E-state index >= 15 is 0 Å². The van der Waals surface area contributed by atoms with E-state index in [1.807, 2.05) is 18.8 Å². The Balaban J connectivity index is 2.92. The molecule has 86 valence electrons. The largest absolute Gasteiger partial charge is 0.373 e. The number of hydrogen-bond acceptors (Lipinski definition) is 3. The zero-order valence-electron chi connectivity index (χ0n) is 10.5. The minimum absolute atomic E-state index is 0.975. The van der Waals surface area contributed by atoms with E-state index in [1.54, 1.807) is 0 Å². The maximum absolute atomic E-state index is 4.43. The molecule has 15 heavy (non-hydrogen) atoms. The van der Waals surface area contributed by atoms with Crippen molar-refractivity contribution in [3.63, 3.8) is 0 Å². The summed E-state index contributed by atoms with van der Waals surface area (Å²) in [6.45, 7) is 9.58. The Bertz CT molecular complexity index is 313. The van der Waals surface area contributed by atoms with Crippen molar-refractivity contribution in [2.45, 2.75) is 27.3 Å². The molecule has 1 aromatic rings. The maximum atomic E-state index is 4.43. The van der Waals surface area contributed by atoms with Crippen LogP contribution in [-0.2, 0) is 13.6 Å². The van der Waals surface area contributed by atoms with Gasteiger partial charge in [-0.3, -0.25) is 9.58 Å². The third-order valence-electron chi connectivity index (χ3n) is 2.86. The predicted octanol–water partition coefficient (Wildman–Crippen LogP) is 1.61. The zero-order chi connectivity index (χ0) is 11.4. The van der Waals surface area contributed by atoms with Gasteiger partial charge in [-0.1, -0.05) is 13.8 Å². The zero-order valence-corrected chi connectivity index (χ0v) is 10.5. The Morgan fingerprint density at radius 2 is 1.93 bits per heavy atom. The van der Waals surface area contributed by atoms with Crippen molar-refractivity contribution in [1.29, 1.82) is 0 Å². The Morgan fingerprint density at radius 1 is 1.33 bits per heavy atom. The van der Waals surface area contributed by atoms with Gasteiger partial charge < -0.3 is 5.32 Å². The molecule has 0 amide bonds. The van der Waals surface area contributed by atoms with E-state index in [2.05, 4.69) is 36.1 Å². The second-order valence-corrected chi connectivity index (χ2v) is 3.75. The lowest BCUT2D eigenvalue weighted by atomic mass is 10.2. The lowest BCUT2D eigenvalue weighted by Gasteiger charge is -2.18. The standard InChI is InChI=1S/C11H22N4/c1-6-15(7-2)8-10-9(3)13-14(5)11(10)12-4/h12H,6-8H2,1-5H3. The first-order valence-electron chi connectivity index (χ1n) is 5.56. The summed E-state index contributed by atoms with van der Waals surface area (Å²) in [6, 6.07) is 0. The Hall–Kier alpha value is -1.03. The molecule has 1 N–H and O–H groups in total. The van der Waals surface area contributed by atoms with Crippen LogP contribution in [-0.4, -0.2) is 34.8 Å². The third-order valence-corrected chi connectivity index (χ3v) is 2.86. The number of nitrogens with zero attached hydrogens (tertiary/aromatic N) is 3. The molecule has 1 heterocycles. The highest BCUT2D eigenvalue weighted by Crippen LogP contribution is 2.19. The fourth-order valence-electron chi connectivity index (χ4n) is 1.87. The monoisotopic (exact) mass is 210 g/mol. The molecule has 0 saturated heterocycles. The second kappa shape index (κ2) is 5.16. The molecule has 0 aromatic carbocycles. The molecule has 4 heteroatoms. The third kappa shape index (κ3) is 2.50. The quantitative estimate of drug-likeness (QED) is 0.801. The van der Waals surface area contributed by atoms with E-state index in [1.165, 1.54) is 5.56 Å². The molecular weight excluding hydrogens is 188 g/mol. The summed E-state index contributed by atoms with van der Waals surface area (Å²) >= 11 is 0. The number of aryl methyl sites for hydroxylation is 2. The van der Waals surface area contributed by atoms with E-state index < -0.39 is 0 Å². The fraction of sp³-hybridized carbons (Fsp3) is 0.727. The van der Waals surface area contributed by atoms with Gasteiger partial charge in [-0.05, 0) is 20.0 Å². The normalized spacial score (nSPS) is 11.1. The van der Waals surface area contributed by atoms with Gasteiger partial charge in [0.25, 0.3) is 0 Å². The summed E-state index contributed by atoms with van der Waals surface area (Å²) in [5, 5.41) is 7.64. The fourth-order valence-corrected chi connectivity index (χ4v) is 1.87. The van der Waals surface area contributed by atoms with Crippen LogP contribution >= 0.6 is 0 Å². The van der Waals surface area contributed by atoms with Gasteiger partial charge in [-0.2, -0.15) is 5.10 Å². The number of hydrogen-bond donors (Lipinski definition) is 1. The van der Waals surface area contributed by atoms with Crippen LogP contribution in [0, 0.1) is 6.92 Å². The molecule has 0 fully saturated rings. The summed E-state index contributed by atoms with van der Waals surface area (Å²) in [4.78, 5) is 2.39. The number of nitrogens with one attached hydrogen (secondary N) is 1. The first-order valence-corrected chi connectivity index (χ1v) is 5.56. The molecule has 1 rings (SSSR count). The van der Waals surface area contributed by atoms with Crippen molar-refractivity contribution >= 4 is 5.82 Å². The Morgan fingerprint density at radius 3 is 2.40 bits per heavy atom. The van der Waals surface area contributed by atoms with Crippen LogP contribution in [0.1, 0.15) is 25.1 Å². The second-order valence-electron chi connectivity index (χ2n) is 3.75. The van der Waals surface area contributed by atoms with Gasteiger partial charge >= 0.3 is 0 Å². The SMILES string of the molecule is CCN(CC)Cc1c(C)nn(C)c1NC. The highest BCUT2D eigenvalue weighted by atomic mass is 15.3. The van der Waals surface area contributed by atoms with Crippen molar-refractivity contribution in [3.05, 3.63) is 11.3 Å². The van der Waals surface area contributed by atoms with E-state index in [0.29, 0.717) is 0 Å². The number of anilines is 1. The van der Waals surface area contributed by atoms with Gasteiger partial charge in [0.2, 0.25) is 0 Å². The van der Waals surface area contributed by atoms with Crippen LogP contribution < -0.4 is 5.32 Å². The first kappa shape index (κ1) is 12.0. The number of rotatable bonds is 5. The Kier molecular flexibility index (Phi) is 4.15. The summed E-state index contributed by atoms with van der Waals surface area (Å²) in [5.41, 5.74) is 2.43. The molecule has 0 aliphatic carbocycles.